The van der Waals surface area contributed by atoms with Crippen molar-refractivity contribution in [1.82, 2.24) is 15.1 Å². The minimum atomic E-state index is 0. The minimum Gasteiger partial charge on any atom is -0.379 e. The summed E-state index contributed by atoms with van der Waals surface area (Å²) >= 11 is 0. The molecule has 1 saturated carbocycles. The van der Waals surface area contributed by atoms with E-state index in [1.165, 1.54) is 51.7 Å². The molecule has 1 heterocycles. The maximum Gasteiger partial charge on any atom is 0.193 e. The van der Waals surface area contributed by atoms with E-state index in [1.807, 2.05) is 0 Å². The minimum absolute atomic E-state index is 0. The average Bonchev–Trinajstić information content (AvgIpc) is 3.40. The number of hydrogen-bond donors (Lipinski definition) is 1. The quantitative estimate of drug-likeness (QED) is 0.233. The Labute approximate surface area is 172 Å². The van der Waals surface area contributed by atoms with Crippen LogP contribution in [0.1, 0.15) is 46.0 Å². The molecule has 1 N–H and O–H groups in total. The van der Waals surface area contributed by atoms with Crippen LogP contribution in [0.4, 0.5) is 0 Å². The molecule has 2 aliphatic rings. The topological polar surface area (TPSA) is 40.1 Å². The Balaban J connectivity index is 0.00000312. The standard InChI is InChI=1S/C19H38N4O.HI/c1-4-20-19(22(3)12-13-24-16-18-8-9-18)21-14-17(2)15-23-10-6-5-7-11-23;/h17-18H,4-16H2,1-3H3,(H,20,21);1H. The Kier molecular flexibility index (Phi) is 12.1. The molecular weight excluding hydrogens is 427 g/mol. The van der Waals surface area contributed by atoms with Gasteiger partial charge in [0.1, 0.15) is 0 Å². The Morgan fingerprint density at radius 1 is 1.28 bits per heavy atom. The number of likely N-dealkylation sites (tertiary alicyclic amines) is 1. The number of ether oxygens (including phenoxy) is 1. The third kappa shape index (κ3) is 9.99. The van der Waals surface area contributed by atoms with Crippen LogP contribution in [0.2, 0.25) is 0 Å². The molecule has 0 aromatic heterocycles. The summed E-state index contributed by atoms with van der Waals surface area (Å²) in [6.07, 6.45) is 6.84. The molecule has 0 aromatic carbocycles. The molecule has 1 aliphatic heterocycles. The number of piperidine rings is 1. The van der Waals surface area contributed by atoms with Crippen LogP contribution in [0, 0.1) is 11.8 Å². The summed E-state index contributed by atoms with van der Waals surface area (Å²) in [6.45, 7) is 12.6. The van der Waals surface area contributed by atoms with Crippen molar-refractivity contribution in [2.75, 3.05) is 59.5 Å². The number of nitrogens with one attached hydrogen (secondary N) is 1. The van der Waals surface area contributed by atoms with Crippen molar-refractivity contribution in [3.63, 3.8) is 0 Å². The van der Waals surface area contributed by atoms with Crippen LogP contribution in [0.15, 0.2) is 4.99 Å². The summed E-state index contributed by atoms with van der Waals surface area (Å²) in [5.41, 5.74) is 0. The summed E-state index contributed by atoms with van der Waals surface area (Å²) in [5, 5.41) is 3.41. The molecule has 6 heteroatoms. The number of nitrogens with zero attached hydrogens (tertiary/aromatic N) is 3. The van der Waals surface area contributed by atoms with Crippen LogP contribution in [0.3, 0.4) is 0 Å². The zero-order chi connectivity index (χ0) is 17.2. The molecule has 0 spiro atoms. The van der Waals surface area contributed by atoms with Crippen molar-refractivity contribution < 1.29 is 4.74 Å². The fraction of sp³-hybridized carbons (Fsp3) is 0.947. The lowest BCUT2D eigenvalue weighted by Gasteiger charge is -2.29. The van der Waals surface area contributed by atoms with Crippen LogP contribution >= 0.6 is 24.0 Å². The fourth-order valence-corrected chi connectivity index (χ4v) is 3.19. The van der Waals surface area contributed by atoms with Gasteiger partial charge >= 0.3 is 0 Å². The van der Waals surface area contributed by atoms with Gasteiger partial charge in [0.05, 0.1) is 6.61 Å². The Morgan fingerprint density at radius 2 is 2.00 bits per heavy atom. The van der Waals surface area contributed by atoms with Gasteiger partial charge in [0.2, 0.25) is 0 Å². The molecule has 148 valence electrons. The van der Waals surface area contributed by atoms with Crippen LogP contribution in [-0.2, 0) is 4.74 Å². The first-order chi connectivity index (χ1) is 11.7. The highest BCUT2D eigenvalue weighted by molar-refractivity contribution is 14.0. The van der Waals surface area contributed by atoms with Crippen molar-refractivity contribution in [3.8, 4) is 0 Å². The molecule has 1 unspecified atom stereocenters. The maximum atomic E-state index is 5.75. The van der Waals surface area contributed by atoms with E-state index in [0.29, 0.717) is 5.92 Å². The molecule has 0 amide bonds. The van der Waals surface area contributed by atoms with Gasteiger partial charge in [0.15, 0.2) is 5.96 Å². The second-order valence-electron chi connectivity index (χ2n) is 7.60. The van der Waals surface area contributed by atoms with Gasteiger partial charge in [-0.1, -0.05) is 13.3 Å². The van der Waals surface area contributed by atoms with Crippen molar-refractivity contribution in [3.05, 3.63) is 0 Å². The highest BCUT2D eigenvalue weighted by Crippen LogP contribution is 2.28. The van der Waals surface area contributed by atoms with Crippen molar-refractivity contribution in [2.45, 2.75) is 46.0 Å². The summed E-state index contributed by atoms with van der Waals surface area (Å²) in [6, 6.07) is 0. The van der Waals surface area contributed by atoms with Crippen molar-refractivity contribution >= 4 is 29.9 Å². The van der Waals surface area contributed by atoms with Crippen LogP contribution < -0.4 is 5.32 Å². The van der Waals surface area contributed by atoms with Gasteiger partial charge in [-0.25, -0.2) is 0 Å². The number of aliphatic imine (C=N–C) groups is 1. The van der Waals surface area contributed by atoms with Crippen molar-refractivity contribution in [1.29, 1.82) is 0 Å². The number of rotatable bonds is 10. The number of likely N-dealkylation sites (N-methyl/N-ethyl adjacent to an activating group) is 1. The number of hydrogen-bond acceptors (Lipinski definition) is 3. The normalized spacial score (nSPS) is 20.0. The summed E-state index contributed by atoms with van der Waals surface area (Å²) < 4.78 is 5.75. The summed E-state index contributed by atoms with van der Waals surface area (Å²) in [7, 11) is 2.11. The maximum absolute atomic E-state index is 5.75. The van der Waals surface area contributed by atoms with Gasteiger partial charge in [0, 0.05) is 39.8 Å². The molecule has 0 aromatic rings. The van der Waals surface area contributed by atoms with E-state index in [0.717, 1.165) is 44.7 Å². The van der Waals surface area contributed by atoms with Crippen LogP contribution in [0.5, 0.6) is 0 Å². The highest BCUT2D eigenvalue weighted by atomic mass is 127. The van der Waals surface area contributed by atoms with E-state index in [9.17, 15) is 0 Å². The van der Waals surface area contributed by atoms with Gasteiger partial charge in [0.25, 0.3) is 0 Å². The molecule has 1 saturated heterocycles. The molecule has 2 rings (SSSR count). The largest absolute Gasteiger partial charge is 0.379 e. The molecule has 1 atom stereocenters. The molecule has 1 aliphatic carbocycles. The van der Waals surface area contributed by atoms with E-state index in [-0.39, 0.29) is 24.0 Å². The van der Waals surface area contributed by atoms with E-state index < -0.39 is 0 Å². The van der Waals surface area contributed by atoms with E-state index in [1.54, 1.807) is 0 Å². The highest BCUT2D eigenvalue weighted by Gasteiger charge is 2.21. The second-order valence-corrected chi connectivity index (χ2v) is 7.60. The average molecular weight is 466 g/mol. The first-order valence-electron chi connectivity index (χ1n) is 9.98. The first kappa shape index (κ1) is 23.0. The lowest BCUT2D eigenvalue weighted by Crippen LogP contribution is -2.41. The van der Waals surface area contributed by atoms with Crippen LogP contribution in [-0.4, -0.2) is 75.3 Å². The molecule has 25 heavy (non-hydrogen) atoms. The predicted octanol–water partition coefficient (Wildman–Crippen LogP) is 3.05. The molecule has 2 fully saturated rings. The predicted molar refractivity (Wildman–Crippen MR) is 117 cm³/mol. The zero-order valence-corrected chi connectivity index (χ0v) is 18.8. The first-order valence-corrected chi connectivity index (χ1v) is 9.98. The number of halogens is 1. The van der Waals surface area contributed by atoms with E-state index >= 15 is 0 Å². The summed E-state index contributed by atoms with van der Waals surface area (Å²) in [5.74, 6) is 2.46. The van der Waals surface area contributed by atoms with Crippen molar-refractivity contribution in [2.24, 2.45) is 16.8 Å². The van der Waals surface area contributed by atoms with Gasteiger partial charge in [-0.2, -0.15) is 0 Å². The summed E-state index contributed by atoms with van der Waals surface area (Å²) in [4.78, 5) is 9.66. The van der Waals surface area contributed by atoms with Gasteiger partial charge < -0.3 is 19.9 Å². The van der Waals surface area contributed by atoms with Crippen LogP contribution in [0.25, 0.3) is 0 Å². The van der Waals surface area contributed by atoms with Gasteiger partial charge in [-0.05, 0) is 57.5 Å². The number of guanidine groups is 1. The monoisotopic (exact) mass is 466 g/mol. The fourth-order valence-electron chi connectivity index (χ4n) is 3.19. The lowest BCUT2D eigenvalue weighted by atomic mass is 10.1. The Morgan fingerprint density at radius 3 is 2.64 bits per heavy atom. The SMILES string of the molecule is CCNC(=NCC(C)CN1CCCCC1)N(C)CCOCC1CC1.I. The Bertz CT molecular complexity index is 370. The zero-order valence-electron chi connectivity index (χ0n) is 16.5. The molecule has 0 radical (unpaired) electrons. The third-order valence-electron chi connectivity index (χ3n) is 4.89. The van der Waals surface area contributed by atoms with E-state index in [2.05, 4.69) is 36.0 Å². The van der Waals surface area contributed by atoms with Gasteiger partial charge in [-0.15, -0.1) is 24.0 Å². The third-order valence-corrected chi connectivity index (χ3v) is 4.89. The molecule has 5 nitrogen and oxygen atoms in total. The Hall–Kier alpha value is -0.0800. The van der Waals surface area contributed by atoms with Gasteiger partial charge in [-0.3, -0.25) is 4.99 Å². The smallest absolute Gasteiger partial charge is 0.193 e. The molecular formula is C19H39IN4O. The second kappa shape index (κ2) is 13.1. The lowest BCUT2D eigenvalue weighted by molar-refractivity contribution is 0.115. The van der Waals surface area contributed by atoms with E-state index in [4.69, 9.17) is 9.73 Å². The molecule has 0 bridgehead atoms.